The third-order valence-corrected chi connectivity index (χ3v) is 6.33. The molecule has 1 unspecified atom stereocenters. The van der Waals surface area contributed by atoms with E-state index >= 15 is 0 Å². The zero-order valence-electron chi connectivity index (χ0n) is 8.25. The maximum atomic E-state index is 11.7. The summed E-state index contributed by atoms with van der Waals surface area (Å²) in [6.07, 6.45) is 0.895. The van der Waals surface area contributed by atoms with Crippen LogP contribution >= 0.6 is 15.9 Å². The van der Waals surface area contributed by atoms with Crippen LogP contribution in [0.2, 0.25) is 0 Å². The minimum absolute atomic E-state index is 0.191. The Bertz CT molecular complexity index is 287. The van der Waals surface area contributed by atoms with Crippen molar-refractivity contribution in [3.05, 3.63) is 0 Å². The molecule has 5 heteroatoms. The molecule has 3 nitrogen and oxygen atoms in total. The summed E-state index contributed by atoms with van der Waals surface area (Å²) >= 11 is 3.52. The molecule has 0 N–H and O–H groups in total. The molecular formula is C8H16BrNO2S. The SMILES string of the molecule is CCS(=O)(=O)N1CCC(Br)C1(C)C. The van der Waals surface area contributed by atoms with E-state index < -0.39 is 10.0 Å². The summed E-state index contributed by atoms with van der Waals surface area (Å²) in [5.74, 6) is 0.191. The summed E-state index contributed by atoms with van der Waals surface area (Å²) < 4.78 is 24.9. The van der Waals surface area contributed by atoms with Gasteiger partial charge < -0.3 is 0 Å². The van der Waals surface area contributed by atoms with Gasteiger partial charge in [-0.1, -0.05) is 15.9 Å². The molecule has 0 saturated carbocycles. The number of halogens is 1. The average Bonchev–Trinajstić information content (AvgIpc) is 2.28. The highest BCUT2D eigenvalue weighted by Crippen LogP contribution is 2.36. The van der Waals surface area contributed by atoms with Crippen molar-refractivity contribution in [2.45, 2.75) is 37.6 Å². The number of hydrogen-bond acceptors (Lipinski definition) is 2. The van der Waals surface area contributed by atoms with Gasteiger partial charge in [0, 0.05) is 16.9 Å². The van der Waals surface area contributed by atoms with E-state index in [1.807, 2.05) is 13.8 Å². The maximum absolute atomic E-state index is 11.7. The molecule has 0 amide bonds. The van der Waals surface area contributed by atoms with E-state index in [-0.39, 0.29) is 16.1 Å². The first-order chi connectivity index (χ1) is 5.82. The van der Waals surface area contributed by atoms with Gasteiger partial charge in [0.25, 0.3) is 0 Å². The molecule has 0 aliphatic carbocycles. The van der Waals surface area contributed by atoms with Gasteiger partial charge in [-0.3, -0.25) is 0 Å². The average molecular weight is 270 g/mol. The van der Waals surface area contributed by atoms with Crippen LogP contribution in [0.25, 0.3) is 0 Å². The summed E-state index contributed by atoms with van der Waals surface area (Å²) in [6, 6.07) is 0. The number of rotatable bonds is 2. The quantitative estimate of drug-likeness (QED) is 0.714. The molecule has 1 rings (SSSR count). The summed E-state index contributed by atoms with van der Waals surface area (Å²) in [5.41, 5.74) is -0.283. The zero-order valence-corrected chi connectivity index (χ0v) is 10.7. The maximum Gasteiger partial charge on any atom is 0.214 e. The number of alkyl halides is 1. The van der Waals surface area contributed by atoms with Crippen LogP contribution < -0.4 is 0 Å². The fourth-order valence-electron chi connectivity index (χ4n) is 1.68. The molecule has 1 aliphatic rings. The topological polar surface area (TPSA) is 37.4 Å². The molecule has 0 aromatic rings. The molecule has 13 heavy (non-hydrogen) atoms. The van der Waals surface area contributed by atoms with Crippen LogP contribution in [-0.2, 0) is 10.0 Å². The highest BCUT2D eigenvalue weighted by Gasteiger charge is 2.45. The molecule has 0 radical (unpaired) electrons. The van der Waals surface area contributed by atoms with Gasteiger partial charge in [0.2, 0.25) is 10.0 Å². The standard InChI is InChI=1S/C8H16BrNO2S/c1-4-13(11,12)10-6-5-7(9)8(10,2)3/h7H,4-6H2,1-3H3. The highest BCUT2D eigenvalue weighted by atomic mass is 79.9. The molecule has 1 aliphatic heterocycles. The Labute approximate surface area is 88.7 Å². The summed E-state index contributed by atoms with van der Waals surface area (Å²) in [7, 11) is -3.04. The van der Waals surface area contributed by atoms with Crippen molar-refractivity contribution in [2.24, 2.45) is 0 Å². The monoisotopic (exact) mass is 269 g/mol. The largest absolute Gasteiger partial charge is 0.214 e. The van der Waals surface area contributed by atoms with Crippen LogP contribution in [0.5, 0.6) is 0 Å². The van der Waals surface area contributed by atoms with Gasteiger partial charge in [0.05, 0.1) is 5.75 Å². The molecule has 0 aromatic heterocycles. The van der Waals surface area contributed by atoms with E-state index in [2.05, 4.69) is 15.9 Å². The van der Waals surface area contributed by atoms with Crippen molar-refractivity contribution in [1.82, 2.24) is 4.31 Å². The van der Waals surface area contributed by atoms with Gasteiger partial charge in [0.15, 0.2) is 0 Å². The van der Waals surface area contributed by atoms with Gasteiger partial charge >= 0.3 is 0 Å². The van der Waals surface area contributed by atoms with Crippen molar-refractivity contribution in [3.63, 3.8) is 0 Å². The van der Waals surface area contributed by atoms with Gasteiger partial charge in [-0.05, 0) is 27.2 Å². The Hall–Kier alpha value is 0.390. The minimum atomic E-state index is -3.04. The molecule has 1 atom stereocenters. The van der Waals surface area contributed by atoms with Crippen LogP contribution in [0.3, 0.4) is 0 Å². The first-order valence-electron chi connectivity index (χ1n) is 4.47. The Morgan fingerprint density at radius 3 is 2.38 bits per heavy atom. The molecule has 0 aromatic carbocycles. The lowest BCUT2D eigenvalue weighted by atomic mass is 10.0. The van der Waals surface area contributed by atoms with Crippen LogP contribution in [0.1, 0.15) is 27.2 Å². The lowest BCUT2D eigenvalue weighted by Gasteiger charge is -2.32. The highest BCUT2D eigenvalue weighted by molar-refractivity contribution is 9.09. The van der Waals surface area contributed by atoms with Crippen LogP contribution in [0, 0.1) is 0 Å². The van der Waals surface area contributed by atoms with Gasteiger partial charge in [-0.25, -0.2) is 8.42 Å². The van der Waals surface area contributed by atoms with E-state index in [1.165, 1.54) is 0 Å². The number of sulfonamides is 1. The second-order valence-corrected chi connectivity index (χ2v) is 7.17. The fourth-order valence-corrected chi connectivity index (χ4v) is 3.81. The Kier molecular flexibility index (Phi) is 3.10. The second kappa shape index (κ2) is 3.51. The molecular weight excluding hydrogens is 254 g/mol. The minimum Gasteiger partial charge on any atom is -0.212 e. The third-order valence-electron chi connectivity index (χ3n) is 2.70. The lowest BCUT2D eigenvalue weighted by molar-refractivity contribution is 0.298. The van der Waals surface area contributed by atoms with Crippen molar-refractivity contribution >= 4 is 26.0 Å². The Morgan fingerprint density at radius 2 is 2.08 bits per heavy atom. The third kappa shape index (κ3) is 1.92. The second-order valence-electron chi connectivity index (χ2n) is 3.88. The van der Waals surface area contributed by atoms with Crippen molar-refractivity contribution in [3.8, 4) is 0 Å². The van der Waals surface area contributed by atoms with Gasteiger partial charge in [-0.15, -0.1) is 0 Å². The van der Waals surface area contributed by atoms with Crippen molar-refractivity contribution in [2.75, 3.05) is 12.3 Å². The Balaban J connectivity index is 2.97. The lowest BCUT2D eigenvalue weighted by Crippen LogP contribution is -2.46. The molecule has 78 valence electrons. The molecule has 1 fully saturated rings. The van der Waals surface area contributed by atoms with E-state index in [4.69, 9.17) is 0 Å². The normalized spacial score (nSPS) is 29.4. The van der Waals surface area contributed by atoms with Gasteiger partial charge in [0.1, 0.15) is 0 Å². The first kappa shape index (κ1) is 11.5. The zero-order chi connectivity index (χ0) is 10.3. The fraction of sp³-hybridized carbons (Fsp3) is 1.00. The van der Waals surface area contributed by atoms with E-state index in [1.54, 1.807) is 11.2 Å². The number of nitrogens with zero attached hydrogens (tertiary/aromatic N) is 1. The predicted octanol–water partition coefficient (Wildman–Crippen LogP) is 1.58. The first-order valence-corrected chi connectivity index (χ1v) is 6.99. The molecule has 0 spiro atoms. The summed E-state index contributed by atoms with van der Waals surface area (Å²) in [4.78, 5) is 0.265. The van der Waals surface area contributed by atoms with E-state index in [0.717, 1.165) is 6.42 Å². The van der Waals surface area contributed by atoms with E-state index in [9.17, 15) is 8.42 Å². The number of hydrogen-bond donors (Lipinski definition) is 0. The van der Waals surface area contributed by atoms with Crippen molar-refractivity contribution < 1.29 is 8.42 Å². The molecule has 0 bridgehead atoms. The molecule has 1 heterocycles. The van der Waals surface area contributed by atoms with Crippen LogP contribution in [-0.4, -0.2) is 35.4 Å². The predicted molar refractivity (Wildman–Crippen MR) is 57.6 cm³/mol. The molecule has 1 saturated heterocycles. The van der Waals surface area contributed by atoms with Crippen LogP contribution in [0.15, 0.2) is 0 Å². The smallest absolute Gasteiger partial charge is 0.212 e. The van der Waals surface area contributed by atoms with Crippen LogP contribution in [0.4, 0.5) is 0 Å². The summed E-state index contributed by atoms with van der Waals surface area (Å²) in [6.45, 7) is 6.26. The van der Waals surface area contributed by atoms with Gasteiger partial charge in [-0.2, -0.15) is 4.31 Å². The Morgan fingerprint density at radius 1 is 1.54 bits per heavy atom. The van der Waals surface area contributed by atoms with E-state index in [0.29, 0.717) is 6.54 Å². The van der Waals surface area contributed by atoms with Crippen molar-refractivity contribution in [1.29, 1.82) is 0 Å². The summed E-state index contributed by atoms with van der Waals surface area (Å²) in [5, 5.41) is 0.